The van der Waals surface area contributed by atoms with E-state index < -0.39 is 0 Å². The molecule has 1 aromatic rings. The van der Waals surface area contributed by atoms with Crippen molar-refractivity contribution in [3.63, 3.8) is 0 Å². The third-order valence-corrected chi connectivity index (χ3v) is 2.96. The van der Waals surface area contributed by atoms with Gasteiger partial charge in [-0.15, -0.1) is 0 Å². The molecule has 0 unspecified atom stereocenters. The van der Waals surface area contributed by atoms with Crippen LogP contribution in [0.4, 0.5) is 0 Å². The number of hydrogen-bond donors (Lipinski definition) is 2. The van der Waals surface area contributed by atoms with Crippen LogP contribution < -0.4 is 10.1 Å². The first-order valence-corrected chi connectivity index (χ1v) is 6.54. The smallest absolute Gasteiger partial charge is 0.122 e. The molecule has 0 aromatic heterocycles. The van der Waals surface area contributed by atoms with E-state index in [4.69, 9.17) is 14.6 Å². The summed E-state index contributed by atoms with van der Waals surface area (Å²) in [6.07, 6.45) is 1.99. The molecule has 0 bridgehead atoms. The first kappa shape index (κ1) is 13.3. The first-order valence-electron chi connectivity index (χ1n) is 6.54. The molecular weight excluding hydrogens is 230 g/mol. The Morgan fingerprint density at radius 3 is 3.17 bits per heavy atom. The van der Waals surface area contributed by atoms with Crippen molar-refractivity contribution in [3.05, 3.63) is 29.3 Å². The lowest BCUT2D eigenvalue weighted by molar-refractivity contribution is 0.0907. The van der Waals surface area contributed by atoms with Crippen molar-refractivity contribution >= 4 is 0 Å². The number of hydrogen-bond acceptors (Lipinski definition) is 4. The van der Waals surface area contributed by atoms with Gasteiger partial charge in [-0.25, -0.2) is 0 Å². The standard InChI is InChI=1S/C14H21NO3/c16-6-9-17-7-1-5-15-11-12-2-3-14-13(10-12)4-8-18-14/h2-3,10,15-16H,1,4-9,11H2. The second-order valence-electron chi connectivity index (χ2n) is 4.41. The Hall–Kier alpha value is -1.10. The van der Waals surface area contributed by atoms with E-state index in [0.717, 1.165) is 38.3 Å². The first-order chi connectivity index (χ1) is 8.90. The maximum Gasteiger partial charge on any atom is 0.122 e. The Bertz CT molecular complexity index is 368. The van der Waals surface area contributed by atoms with Crippen molar-refractivity contribution in [2.75, 3.05) is 33.0 Å². The van der Waals surface area contributed by atoms with Crippen LogP contribution in [0.3, 0.4) is 0 Å². The predicted molar refractivity (Wildman–Crippen MR) is 69.9 cm³/mol. The maximum atomic E-state index is 8.54. The van der Waals surface area contributed by atoms with Crippen molar-refractivity contribution in [1.29, 1.82) is 0 Å². The topological polar surface area (TPSA) is 50.7 Å². The number of nitrogens with one attached hydrogen (secondary N) is 1. The number of aliphatic hydroxyl groups excluding tert-OH is 1. The van der Waals surface area contributed by atoms with Gasteiger partial charge in [0.25, 0.3) is 0 Å². The van der Waals surface area contributed by atoms with Gasteiger partial charge in [0.2, 0.25) is 0 Å². The summed E-state index contributed by atoms with van der Waals surface area (Å²) < 4.78 is 10.7. The van der Waals surface area contributed by atoms with E-state index in [9.17, 15) is 0 Å². The van der Waals surface area contributed by atoms with E-state index in [1.54, 1.807) is 0 Å². The fraction of sp³-hybridized carbons (Fsp3) is 0.571. The minimum Gasteiger partial charge on any atom is -0.493 e. The van der Waals surface area contributed by atoms with E-state index in [0.29, 0.717) is 13.2 Å². The zero-order valence-corrected chi connectivity index (χ0v) is 10.7. The fourth-order valence-corrected chi connectivity index (χ4v) is 2.05. The molecule has 2 rings (SSSR count). The van der Waals surface area contributed by atoms with Gasteiger partial charge in [0.1, 0.15) is 5.75 Å². The molecule has 0 amide bonds. The molecule has 1 heterocycles. The number of ether oxygens (including phenoxy) is 2. The molecule has 0 radical (unpaired) electrons. The van der Waals surface area contributed by atoms with Crippen LogP contribution in [0.25, 0.3) is 0 Å². The highest BCUT2D eigenvalue weighted by Crippen LogP contribution is 2.25. The lowest BCUT2D eigenvalue weighted by Gasteiger charge is -2.07. The second-order valence-corrected chi connectivity index (χ2v) is 4.41. The van der Waals surface area contributed by atoms with Crippen molar-refractivity contribution in [2.45, 2.75) is 19.4 Å². The SMILES string of the molecule is OCCOCCCNCc1ccc2c(c1)CCO2. The van der Waals surface area contributed by atoms with Crippen molar-refractivity contribution in [3.8, 4) is 5.75 Å². The highest BCUT2D eigenvalue weighted by Gasteiger charge is 2.11. The molecular formula is C14H21NO3. The van der Waals surface area contributed by atoms with Crippen LogP contribution in [0, 0.1) is 0 Å². The molecule has 0 atom stereocenters. The lowest BCUT2D eigenvalue weighted by Crippen LogP contribution is -2.16. The Labute approximate surface area is 108 Å². The largest absolute Gasteiger partial charge is 0.493 e. The van der Waals surface area contributed by atoms with Gasteiger partial charge in [0.15, 0.2) is 0 Å². The number of benzene rings is 1. The molecule has 0 saturated carbocycles. The summed E-state index contributed by atoms with van der Waals surface area (Å²) in [6, 6.07) is 6.39. The van der Waals surface area contributed by atoms with E-state index in [-0.39, 0.29) is 6.61 Å². The van der Waals surface area contributed by atoms with Crippen LogP contribution >= 0.6 is 0 Å². The molecule has 1 aromatic carbocycles. The summed E-state index contributed by atoms with van der Waals surface area (Å²) in [6.45, 7) is 3.86. The van der Waals surface area contributed by atoms with E-state index in [1.807, 2.05) is 0 Å². The zero-order valence-electron chi connectivity index (χ0n) is 10.7. The Kier molecular flexibility index (Phi) is 5.45. The molecule has 0 fully saturated rings. The molecule has 1 aliphatic heterocycles. The Balaban J connectivity index is 1.62. The van der Waals surface area contributed by atoms with Crippen LogP contribution in [-0.4, -0.2) is 38.1 Å². The molecule has 100 valence electrons. The average Bonchev–Trinajstić information content (AvgIpc) is 2.85. The quantitative estimate of drug-likeness (QED) is 0.680. The monoisotopic (exact) mass is 251 g/mol. The molecule has 0 spiro atoms. The van der Waals surface area contributed by atoms with Crippen LogP contribution in [-0.2, 0) is 17.7 Å². The molecule has 4 nitrogen and oxygen atoms in total. The van der Waals surface area contributed by atoms with Crippen LogP contribution in [0.2, 0.25) is 0 Å². The minimum absolute atomic E-state index is 0.102. The Morgan fingerprint density at radius 1 is 1.33 bits per heavy atom. The number of fused-ring (bicyclic) bond motifs is 1. The number of rotatable bonds is 8. The van der Waals surface area contributed by atoms with Gasteiger partial charge >= 0.3 is 0 Å². The third kappa shape index (κ3) is 3.98. The summed E-state index contributed by atoms with van der Waals surface area (Å²) in [5, 5.41) is 11.9. The van der Waals surface area contributed by atoms with Gasteiger partial charge < -0.3 is 19.9 Å². The molecule has 0 aliphatic carbocycles. The molecule has 0 saturated heterocycles. The highest BCUT2D eigenvalue weighted by molar-refractivity contribution is 5.39. The molecule has 18 heavy (non-hydrogen) atoms. The number of aliphatic hydroxyl groups is 1. The molecule has 1 aliphatic rings. The van der Waals surface area contributed by atoms with Gasteiger partial charge in [-0.2, -0.15) is 0 Å². The van der Waals surface area contributed by atoms with Gasteiger partial charge in [-0.05, 0) is 30.2 Å². The van der Waals surface area contributed by atoms with Gasteiger partial charge in [-0.1, -0.05) is 12.1 Å². The normalized spacial score (nSPS) is 13.4. The highest BCUT2D eigenvalue weighted by atomic mass is 16.5. The maximum absolute atomic E-state index is 8.54. The lowest BCUT2D eigenvalue weighted by atomic mass is 10.1. The average molecular weight is 251 g/mol. The van der Waals surface area contributed by atoms with Gasteiger partial charge in [0, 0.05) is 19.6 Å². The van der Waals surface area contributed by atoms with Crippen LogP contribution in [0.1, 0.15) is 17.5 Å². The zero-order chi connectivity index (χ0) is 12.6. The van der Waals surface area contributed by atoms with Gasteiger partial charge in [0.05, 0.1) is 19.8 Å². The minimum atomic E-state index is 0.102. The summed E-state index contributed by atoms with van der Waals surface area (Å²) in [7, 11) is 0. The predicted octanol–water partition coefficient (Wildman–Crippen LogP) is 1.11. The summed E-state index contributed by atoms with van der Waals surface area (Å²) in [5.41, 5.74) is 2.62. The summed E-state index contributed by atoms with van der Waals surface area (Å²) in [5.74, 6) is 1.04. The van der Waals surface area contributed by atoms with E-state index >= 15 is 0 Å². The van der Waals surface area contributed by atoms with Crippen LogP contribution in [0.5, 0.6) is 5.75 Å². The summed E-state index contributed by atoms with van der Waals surface area (Å²) in [4.78, 5) is 0. The molecule has 4 heteroatoms. The Morgan fingerprint density at radius 2 is 2.28 bits per heavy atom. The molecule has 2 N–H and O–H groups in total. The van der Waals surface area contributed by atoms with Crippen molar-refractivity contribution in [1.82, 2.24) is 5.32 Å². The van der Waals surface area contributed by atoms with E-state index in [1.165, 1.54) is 11.1 Å². The van der Waals surface area contributed by atoms with E-state index in [2.05, 4.69) is 23.5 Å². The third-order valence-electron chi connectivity index (χ3n) is 2.96. The van der Waals surface area contributed by atoms with Crippen molar-refractivity contribution < 1.29 is 14.6 Å². The van der Waals surface area contributed by atoms with Gasteiger partial charge in [-0.3, -0.25) is 0 Å². The van der Waals surface area contributed by atoms with Crippen molar-refractivity contribution in [2.24, 2.45) is 0 Å². The van der Waals surface area contributed by atoms with Crippen LogP contribution in [0.15, 0.2) is 18.2 Å². The summed E-state index contributed by atoms with van der Waals surface area (Å²) >= 11 is 0. The second kappa shape index (κ2) is 7.36. The fourth-order valence-electron chi connectivity index (χ4n) is 2.05.